The van der Waals surface area contributed by atoms with Crippen molar-refractivity contribution < 1.29 is 9.59 Å². The molecular weight excluding hydrogens is 374 g/mol. The monoisotopic (exact) mass is 393 g/mol. The molecule has 2 amide bonds. The van der Waals surface area contributed by atoms with E-state index in [0.717, 1.165) is 21.8 Å². The summed E-state index contributed by atoms with van der Waals surface area (Å²) in [6, 6.07) is 15.2. The van der Waals surface area contributed by atoms with Gasteiger partial charge in [0.2, 0.25) is 11.8 Å². The molecule has 1 aromatic heterocycles. The maximum Gasteiger partial charge on any atom is 0.238 e. The van der Waals surface area contributed by atoms with Gasteiger partial charge in [-0.3, -0.25) is 9.59 Å². The Morgan fingerprint density at radius 2 is 2.04 bits per heavy atom. The molecule has 0 radical (unpaired) electrons. The molecule has 0 bridgehead atoms. The molecule has 1 aliphatic heterocycles. The van der Waals surface area contributed by atoms with Gasteiger partial charge < -0.3 is 10.6 Å². The summed E-state index contributed by atoms with van der Waals surface area (Å²) in [7, 11) is 0. The van der Waals surface area contributed by atoms with Crippen molar-refractivity contribution in [1.82, 2.24) is 20.1 Å². The number of aromatic nitrogens is 3. The van der Waals surface area contributed by atoms with Gasteiger partial charge in [0.05, 0.1) is 22.7 Å². The third-order valence-electron chi connectivity index (χ3n) is 4.53. The van der Waals surface area contributed by atoms with Crippen LogP contribution in [0.4, 0.5) is 5.69 Å². The lowest BCUT2D eigenvalue weighted by Crippen LogP contribution is -2.35. The number of fused-ring (bicyclic) bond motifs is 1. The predicted octanol–water partition coefficient (Wildman–Crippen LogP) is 2.95. The fraction of sp³-hybridized carbons (Fsp3) is 0.200. The molecular formula is C20H19N5O2S. The van der Waals surface area contributed by atoms with E-state index in [1.807, 2.05) is 55.5 Å². The Hall–Kier alpha value is -3.13. The number of carbonyl (C=O) groups is 2. The van der Waals surface area contributed by atoms with Gasteiger partial charge in [-0.1, -0.05) is 24.3 Å². The van der Waals surface area contributed by atoms with E-state index in [0.29, 0.717) is 0 Å². The van der Waals surface area contributed by atoms with E-state index in [2.05, 4.69) is 20.7 Å². The van der Waals surface area contributed by atoms with Gasteiger partial charge in [0.15, 0.2) is 0 Å². The van der Waals surface area contributed by atoms with Gasteiger partial charge in [0.1, 0.15) is 12.7 Å². The van der Waals surface area contributed by atoms with Crippen molar-refractivity contribution in [3.05, 3.63) is 66.7 Å². The first kappa shape index (κ1) is 18.2. The number of amides is 2. The first-order valence-electron chi connectivity index (χ1n) is 8.91. The van der Waals surface area contributed by atoms with Crippen LogP contribution in [-0.4, -0.2) is 31.8 Å². The number of nitrogens with one attached hydrogen (secondary N) is 2. The van der Waals surface area contributed by atoms with Gasteiger partial charge in [0, 0.05) is 11.3 Å². The molecule has 7 nitrogen and oxygen atoms in total. The van der Waals surface area contributed by atoms with Gasteiger partial charge in [-0.2, -0.15) is 5.10 Å². The highest BCUT2D eigenvalue weighted by atomic mass is 32.2. The fourth-order valence-electron chi connectivity index (χ4n) is 3.04. The van der Waals surface area contributed by atoms with Crippen LogP contribution < -0.4 is 10.6 Å². The van der Waals surface area contributed by atoms with Crippen LogP contribution in [0, 0.1) is 0 Å². The average Bonchev–Trinajstić information content (AvgIpc) is 3.23. The zero-order valence-electron chi connectivity index (χ0n) is 15.2. The Morgan fingerprint density at radius 1 is 1.25 bits per heavy atom. The van der Waals surface area contributed by atoms with Crippen LogP contribution in [0.25, 0.3) is 5.69 Å². The van der Waals surface area contributed by atoms with Crippen LogP contribution in [0.2, 0.25) is 0 Å². The van der Waals surface area contributed by atoms with Gasteiger partial charge in [-0.15, -0.1) is 11.8 Å². The molecule has 3 aromatic rings. The second-order valence-electron chi connectivity index (χ2n) is 6.52. The third-order valence-corrected chi connectivity index (χ3v) is 5.81. The number of anilines is 1. The lowest BCUT2D eigenvalue weighted by atomic mass is 10.1. The molecule has 2 heterocycles. The summed E-state index contributed by atoms with van der Waals surface area (Å²) in [6.45, 7) is 1.92. The normalized spacial score (nSPS) is 16.8. The second kappa shape index (κ2) is 7.85. The first-order chi connectivity index (χ1) is 13.6. The van der Waals surface area contributed by atoms with Crippen LogP contribution in [-0.2, 0) is 9.59 Å². The van der Waals surface area contributed by atoms with Crippen molar-refractivity contribution in [1.29, 1.82) is 0 Å². The van der Waals surface area contributed by atoms with Gasteiger partial charge >= 0.3 is 0 Å². The summed E-state index contributed by atoms with van der Waals surface area (Å²) >= 11 is 1.43. The van der Waals surface area contributed by atoms with Crippen LogP contribution >= 0.6 is 11.8 Å². The molecule has 0 unspecified atom stereocenters. The topological polar surface area (TPSA) is 88.9 Å². The molecule has 0 saturated heterocycles. The molecule has 8 heteroatoms. The number of thioether (sulfide) groups is 1. The summed E-state index contributed by atoms with van der Waals surface area (Å²) in [5.74, 6) is -0.288. The van der Waals surface area contributed by atoms with Crippen molar-refractivity contribution in [2.75, 3.05) is 5.32 Å². The Bertz CT molecular complexity index is 988. The molecule has 2 N–H and O–H groups in total. The number of benzene rings is 2. The SMILES string of the molecule is C[C@H](NC(=O)C[C@H]1Sc2ccccc2NC1=O)c1ccc(-n2cncn2)cc1. The first-order valence-corrected chi connectivity index (χ1v) is 9.79. The smallest absolute Gasteiger partial charge is 0.238 e. The number of para-hydroxylation sites is 1. The molecule has 2 aromatic carbocycles. The Kier molecular flexibility index (Phi) is 5.12. The number of carbonyl (C=O) groups excluding carboxylic acids is 2. The zero-order valence-corrected chi connectivity index (χ0v) is 16.0. The molecule has 2 atom stereocenters. The van der Waals surface area contributed by atoms with Crippen LogP contribution in [0.15, 0.2) is 66.1 Å². The van der Waals surface area contributed by atoms with E-state index >= 15 is 0 Å². The highest BCUT2D eigenvalue weighted by Gasteiger charge is 2.29. The zero-order chi connectivity index (χ0) is 19.5. The van der Waals surface area contributed by atoms with Gasteiger partial charge in [0.25, 0.3) is 0 Å². The van der Waals surface area contributed by atoms with E-state index < -0.39 is 5.25 Å². The van der Waals surface area contributed by atoms with E-state index in [9.17, 15) is 9.59 Å². The maximum atomic E-state index is 12.5. The van der Waals surface area contributed by atoms with Crippen LogP contribution in [0.3, 0.4) is 0 Å². The quantitative estimate of drug-likeness (QED) is 0.696. The summed E-state index contributed by atoms with van der Waals surface area (Å²) in [6.07, 6.45) is 3.24. The summed E-state index contributed by atoms with van der Waals surface area (Å²) in [4.78, 5) is 29.7. The number of hydrogen-bond donors (Lipinski definition) is 2. The maximum absolute atomic E-state index is 12.5. The lowest BCUT2D eigenvalue weighted by molar-refractivity contribution is -0.124. The Labute approximate surface area is 166 Å². The molecule has 0 fully saturated rings. The van der Waals surface area contributed by atoms with E-state index in [4.69, 9.17) is 0 Å². The molecule has 4 rings (SSSR count). The minimum absolute atomic E-state index is 0.131. The van der Waals surface area contributed by atoms with Crippen molar-refractivity contribution in [2.24, 2.45) is 0 Å². The van der Waals surface area contributed by atoms with Crippen molar-refractivity contribution in [3.63, 3.8) is 0 Å². The van der Waals surface area contributed by atoms with Crippen molar-refractivity contribution >= 4 is 29.3 Å². The lowest BCUT2D eigenvalue weighted by Gasteiger charge is -2.24. The number of nitrogens with zero attached hydrogens (tertiary/aromatic N) is 3. The largest absolute Gasteiger partial charge is 0.350 e. The van der Waals surface area contributed by atoms with E-state index in [-0.39, 0.29) is 24.3 Å². The molecule has 28 heavy (non-hydrogen) atoms. The van der Waals surface area contributed by atoms with Crippen molar-refractivity contribution in [3.8, 4) is 5.69 Å². The molecule has 0 spiro atoms. The van der Waals surface area contributed by atoms with Gasteiger partial charge in [-0.05, 0) is 36.8 Å². The average molecular weight is 393 g/mol. The molecule has 0 saturated carbocycles. The highest BCUT2D eigenvalue weighted by Crippen LogP contribution is 2.36. The minimum Gasteiger partial charge on any atom is -0.350 e. The van der Waals surface area contributed by atoms with E-state index in [1.165, 1.54) is 18.1 Å². The van der Waals surface area contributed by atoms with E-state index in [1.54, 1.807) is 11.0 Å². The van der Waals surface area contributed by atoms with Crippen LogP contribution in [0.1, 0.15) is 24.9 Å². The summed E-state index contributed by atoms with van der Waals surface area (Å²) in [5.41, 5.74) is 2.67. The number of hydrogen-bond acceptors (Lipinski definition) is 5. The fourth-order valence-corrected chi connectivity index (χ4v) is 4.15. The number of rotatable bonds is 5. The predicted molar refractivity (Wildman–Crippen MR) is 107 cm³/mol. The Morgan fingerprint density at radius 3 is 2.79 bits per heavy atom. The minimum atomic E-state index is -0.434. The van der Waals surface area contributed by atoms with Crippen molar-refractivity contribution in [2.45, 2.75) is 29.5 Å². The summed E-state index contributed by atoms with van der Waals surface area (Å²) in [5, 5.41) is 9.50. The Balaban J connectivity index is 1.36. The van der Waals surface area contributed by atoms with Gasteiger partial charge in [-0.25, -0.2) is 9.67 Å². The molecule has 0 aliphatic carbocycles. The highest BCUT2D eigenvalue weighted by molar-refractivity contribution is 8.01. The third kappa shape index (κ3) is 3.91. The standard InChI is InChI=1S/C20H19N5O2S/c1-13(14-6-8-15(9-7-14)25-12-21-11-22-25)23-19(26)10-18-20(27)24-16-4-2-3-5-17(16)28-18/h2-9,11-13,18H,10H2,1H3,(H,23,26)(H,24,27)/t13-,18+/m0/s1. The molecule has 142 valence electrons. The summed E-state index contributed by atoms with van der Waals surface area (Å²) < 4.78 is 1.67. The molecule has 1 aliphatic rings. The van der Waals surface area contributed by atoms with Crippen LogP contribution in [0.5, 0.6) is 0 Å². The second-order valence-corrected chi connectivity index (χ2v) is 7.76.